The summed E-state index contributed by atoms with van der Waals surface area (Å²) >= 11 is 0. The van der Waals surface area contributed by atoms with Crippen LogP contribution in [0.4, 0.5) is 11.4 Å². The topological polar surface area (TPSA) is 92.7 Å². The smallest absolute Gasteiger partial charge is 0.292 e. The number of rotatable bonds is 4. The molecule has 1 aliphatic heterocycles. The number of carbonyl (C=O) groups excluding carboxylic acids is 1. The van der Waals surface area contributed by atoms with Crippen LogP contribution in [0.25, 0.3) is 0 Å². The molecule has 2 rings (SSSR count). The Kier molecular flexibility index (Phi) is 6.58. The van der Waals surface area contributed by atoms with Crippen molar-refractivity contribution in [2.75, 3.05) is 31.1 Å². The molecule has 0 aromatic heterocycles. The van der Waals surface area contributed by atoms with Crippen LogP contribution in [0, 0.1) is 10.1 Å². The van der Waals surface area contributed by atoms with Crippen molar-refractivity contribution in [1.29, 1.82) is 0 Å². The van der Waals surface area contributed by atoms with Crippen LogP contribution in [0.2, 0.25) is 0 Å². The van der Waals surface area contributed by atoms with Gasteiger partial charge in [-0.15, -0.1) is 12.4 Å². The third-order valence-corrected chi connectivity index (χ3v) is 3.77. The number of hydrogen-bond acceptors (Lipinski definition) is 5. The average molecular weight is 329 g/mol. The summed E-state index contributed by atoms with van der Waals surface area (Å²) in [6, 6.07) is 6.23. The van der Waals surface area contributed by atoms with Gasteiger partial charge in [0.15, 0.2) is 0 Å². The van der Waals surface area contributed by atoms with Gasteiger partial charge in [-0.1, -0.05) is 19.1 Å². The van der Waals surface area contributed by atoms with Crippen molar-refractivity contribution in [3.05, 3.63) is 34.4 Å². The number of nitrogens with two attached hydrogens (primary N) is 1. The SMILES string of the molecule is CC[C@H](N)C(=O)N1CCN(c2ccccc2[N+](=O)[O-])CC1.Cl. The van der Waals surface area contributed by atoms with Gasteiger partial charge >= 0.3 is 0 Å². The van der Waals surface area contributed by atoms with E-state index in [1.807, 2.05) is 11.8 Å². The minimum atomic E-state index is -0.456. The van der Waals surface area contributed by atoms with Crippen LogP contribution in [0.5, 0.6) is 0 Å². The summed E-state index contributed by atoms with van der Waals surface area (Å²) in [5, 5.41) is 11.1. The van der Waals surface area contributed by atoms with Gasteiger partial charge in [-0.3, -0.25) is 14.9 Å². The summed E-state index contributed by atoms with van der Waals surface area (Å²) in [5.74, 6) is -0.0419. The maximum atomic E-state index is 12.0. The van der Waals surface area contributed by atoms with E-state index in [-0.39, 0.29) is 28.9 Å². The minimum absolute atomic E-state index is 0. The molecule has 1 fully saturated rings. The molecule has 8 heteroatoms. The second kappa shape index (κ2) is 7.95. The maximum Gasteiger partial charge on any atom is 0.292 e. The number of para-hydroxylation sites is 2. The number of anilines is 1. The number of nitro groups is 1. The summed E-state index contributed by atoms with van der Waals surface area (Å²) < 4.78 is 0. The lowest BCUT2D eigenvalue weighted by Crippen LogP contribution is -2.53. The first-order chi connectivity index (χ1) is 10.0. The van der Waals surface area contributed by atoms with Crippen molar-refractivity contribution in [3.8, 4) is 0 Å². The van der Waals surface area contributed by atoms with E-state index in [1.54, 1.807) is 23.1 Å². The van der Waals surface area contributed by atoms with E-state index in [1.165, 1.54) is 6.07 Å². The van der Waals surface area contributed by atoms with Gasteiger partial charge in [-0.05, 0) is 12.5 Å². The first kappa shape index (κ1) is 18.2. The Bertz CT molecular complexity index is 533. The number of piperazine rings is 1. The second-order valence-electron chi connectivity index (χ2n) is 5.07. The number of nitrogens with zero attached hydrogens (tertiary/aromatic N) is 3. The molecule has 1 heterocycles. The Morgan fingerprint density at radius 2 is 1.91 bits per heavy atom. The van der Waals surface area contributed by atoms with Gasteiger partial charge in [0.05, 0.1) is 11.0 Å². The fourth-order valence-electron chi connectivity index (χ4n) is 2.46. The van der Waals surface area contributed by atoms with Crippen LogP contribution in [0.15, 0.2) is 24.3 Å². The average Bonchev–Trinajstić information content (AvgIpc) is 2.53. The zero-order valence-corrected chi connectivity index (χ0v) is 13.3. The molecule has 2 N–H and O–H groups in total. The van der Waals surface area contributed by atoms with Crippen molar-refractivity contribution >= 4 is 29.7 Å². The molecule has 0 unspecified atom stereocenters. The standard InChI is InChI=1S/C14H20N4O3.ClH/c1-2-11(15)14(19)17-9-7-16(8-10-17)12-5-3-4-6-13(12)18(20)21;/h3-6,11H,2,7-10,15H2,1H3;1H/t11-;/m0./s1. The lowest BCUT2D eigenvalue weighted by atomic mass is 10.1. The highest BCUT2D eigenvalue weighted by atomic mass is 35.5. The van der Waals surface area contributed by atoms with Crippen molar-refractivity contribution in [1.82, 2.24) is 4.90 Å². The molecule has 0 aliphatic carbocycles. The molecule has 0 saturated carbocycles. The van der Waals surface area contributed by atoms with E-state index in [4.69, 9.17) is 5.73 Å². The van der Waals surface area contributed by atoms with Crippen molar-refractivity contribution in [2.24, 2.45) is 5.73 Å². The van der Waals surface area contributed by atoms with E-state index >= 15 is 0 Å². The first-order valence-electron chi connectivity index (χ1n) is 7.07. The van der Waals surface area contributed by atoms with Crippen LogP contribution in [-0.2, 0) is 4.79 Å². The summed E-state index contributed by atoms with van der Waals surface area (Å²) in [7, 11) is 0. The Morgan fingerprint density at radius 1 is 1.32 bits per heavy atom. The molecule has 0 bridgehead atoms. The van der Waals surface area contributed by atoms with E-state index in [0.29, 0.717) is 38.3 Å². The van der Waals surface area contributed by atoms with Crippen molar-refractivity contribution in [2.45, 2.75) is 19.4 Å². The maximum absolute atomic E-state index is 12.0. The molecule has 0 spiro atoms. The normalized spacial score (nSPS) is 15.9. The molecule has 1 aromatic carbocycles. The molecule has 7 nitrogen and oxygen atoms in total. The van der Waals surface area contributed by atoms with E-state index in [9.17, 15) is 14.9 Å². The number of nitro benzene ring substituents is 1. The number of halogens is 1. The lowest BCUT2D eigenvalue weighted by Gasteiger charge is -2.36. The molecule has 22 heavy (non-hydrogen) atoms. The van der Waals surface area contributed by atoms with E-state index in [2.05, 4.69) is 0 Å². The predicted octanol–water partition coefficient (Wildman–Crippen LogP) is 1.40. The van der Waals surface area contributed by atoms with Gasteiger partial charge in [-0.2, -0.15) is 0 Å². The highest BCUT2D eigenvalue weighted by Crippen LogP contribution is 2.28. The Balaban J connectivity index is 0.00000242. The van der Waals surface area contributed by atoms with Gasteiger partial charge in [-0.25, -0.2) is 0 Å². The third kappa shape index (κ3) is 3.86. The monoisotopic (exact) mass is 328 g/mol. The van der Waals surface area contributed by atoms with Gasteiger partial charge in [0.1, 0.15) is 5.69 Å². The minimum Gasteiger partial charge on any atom is -0.362 e. The van der Waals surface area contributed by atoms with Crippen LogP contribution < -0.4 is 10.6 Å². The number of carbonyl (C=O) groups is 1. The summed E-state index contributed by atoms with van der Waals surface area (Å²) in [6.07, 6.45) is 0.614. The van der Waals surface area contributed by atoms with Gasteiger partial charge in [0.2, 0.25) is 5.91 Å². The molecular formula is C14H21ClN4O3. The molecule has 1 aromatic rings. The van der Waals surface area contributed by atoms with Crippen LogP contribution in [0.3, 0.4) is 0 Å². The summed E-state index contributed by atoms with van der Waals surface area (Å²) in [5.41, 5.74) is 6.47. The molecule has 1 atom stereocenters. The fraction of sp³-hybridized carbons (Fsp3) is 0.500. The van der Waals surface area contributed by atoms with E-state index < -0.39 is 6.04 Å². The molecular weight excluding hydrogens is 308 g/mol. The Labute approximate surface area is 135 Å². The van der Waals surface area contributed by atoms with Crippen molar-refractivity contribution < 1.29 is 9.72 Å². The quantitative estimate of drug-likeness (QED) is 0.666. The molecule has 0 radical (unpaired) electrons. The van der Waals surface area contributed by atoms with Gasteiger partial charge in [0, 0.05) is 32.2 Å². The summed E-state index contributed by atoms with van der Waals surface area (Å²) in [4.78, 5) is 26.4. The highest BCUT2D eigenvalue weighted by Gasteiger charge is 2.27. The van der Waals surface area contributed by atoms with Crippen LogP contribution in [-0.4, -0.2) is 48.0 Å². The highest BCUT2D eigenvalue weighted by molar-refractivity contribution is 5.85. The second-order valence-corrected chi connectivity index (χ2v) is 5.07. The predicted molar refractivity (Wildman–Crippen MR) is 87.4 cm³/mol. The zero-order valence-electron chi connectivity index (χ0n) is 12.5. The van der Waals surface area contributed by atoms with Gasteiger partial charge in [0.25, 0.3) is 5.69 Å². The van der Waals surface area contributed by atoms with Crippen LogP contribution in [0.1, 0.15) is 13.3 Å². The Hall–Kier alpha value is -1.86. The van der Waals surface area contributed by atoms with E-state index in [0.717, 1.165) is 0 Å². The Morgan fingerprint density at radius 3 is 2.45 bits per heavy atom. The largest absolute Gasteiger partial charge is 0.362 e. The van der Waals surface area contributed by atoms with Crippen molar-refractivity contribution in [3.63, 3.8) is 0 Å². The number of benzene rings is 1. The molecule has 1 saturated heterocycles. The first-order valence-corrected chi connectivity index (χ1v) is 7.07. The molecule has 1 amide bonds. The number of hydrogen-bond donors (Lipinski definition) is 1. The zero-order chi connectivity index (χ0) is 15.4. The summed E-state index contributed by atoms with van der Waals surface area (Å²) in [6.45, 7) is 4.11. The third-order valence-electron chi connectivity index (χ3n) is 3.77. The fourth-order valence-corrected chi connectivity index (χ4v) is 2.46. The van der Waals surface area contributed by atoms with Crippen LogP contribution >= 0.6 is 12.4 Å². The molecule has 1 aliphatic rings. The molecule has 122 valence electrons. The lowest BCUT2D eigenvalue weighted by molar-refractivity contribution is -0.384. The van der Waals surface area contributed by atoms with Gasteiger partial charge < -0.3 is 15.5 Å². The number of amides is 1.